The van der Waals surface area contributed by atoms with Crippen molar-refractivity contribution in [2.75, 3.05) is 0 Å². The SMILES string of the molecule is Cc1cnc(C[C@]2([C@H](CC(C)C)NC(=O)OC(C)(C)C)OC(C)(C)OC2=O)cc1C#CCC1CC1. The van der Waals surface area contributed by atoms with E-state index in [4.69, 9.17) is 14.2 Å². The van der Waals surface area contributed by atoms with Crippen LogP contribution in [0.4, 0.5) is 4.79 Å². The van der Waals surface area contributed by atoms with Crippen molar-refractivity contribution >= 4 is 12.1 Å². The highest BCUT2D eigenvalue weighted by Crippen LogP contribution is 2.39. The average Bonchev–Trinajstić information content (AvgIpc) is 3.47. The molecule has 1 aliphatic heterocycles. The molecule has 0 aromatic carbocycles. The number of nitrogens with zero attached hydrogens (tertiary/aromatic N) is 1. The molecule has 0 unspecified atom stereocenters. The van der Waals surface area contributed by atoms with Gasteiger partial charge >= 0.3 is 12.1 Å². The average molecular weight is 485 g/mol. The van der Waals surface area contributed by atoms with Gasteiger partial charge in [-0.3, -0.25) is 4.98 Å². The molecule has 2 atom stereocenters. The predicted molar refractivity (Wildman–Crippen MR) is 133 cm³/mol. The Bertz CT molecular complexity index is 1010. The Hall–Kier alpha value is -2.59. The molecule has 7 nitrogen and oxygen atoms in total. The van der Waals surface area contributed by atoms with Crippen molar-refractivity contribution in [1.29, 1.82) is 0 Å². The monoisotopic (exact) mass is 484 g/mol. The molecule has 192 valence electrons. The second kappa shape index (κ2) is 10.2. The Balaban J connectivity index is 1.95. The number of rotatable bonds is 7. The third kappa shape index (κ3) is 7.44. The number of aromatic nitrogens is 1. The number of ether oxygens (including phenoxy) is 3. The fraction of sp³-hybridized carbons (Fsp3) is 0.679. The number of aryl methyl sites for hydroxylation is 1. The lowest BCUT2D eigenvalue weighted by Crippen LogP contribution is -2.59. The molecule has 2 fully saturated rings. The van der Waals surface area contributed by atoms with Crippen LogP contribution in [0, 0.1) is 30.6 Å². The van der Waals surface area contributed by atoms with Gasteiger partial charge in [-0.15, -0.1) is 0 Å². The van der Waals surface area contributed by atoms with Gasteiger partial charge in [0.15, 0.2) is 5.60 Å². The first kappa shape index (κ1) is 27.0. The number of pyridine rings is 1. The van der Waals surface area contributed by atoms with Crippen LogP contribution >= 0.6 is 0 Å². The molecule has 1 aromatic heterocycles. The number of hydrogen-bond donors (Lipinski definition) is 1. The largest absolute Gasteiger partial charge is 0.444 e. The summed E-state index contributed by atoms with van der Waals surface area (Å²) >= 11 is 0. The number of carbonyl (C=O) groups is 2. The quantitative estimate of drug-likeness (QED) is 0.429. The third-order valence-electron chi connectivity index (χ3n) is 5.99. The zero-order valence-corrected chi connectivity index (χ0v) is 22.4. The van der Waals surface area contributed by atoms with E-state index in [0.29, 0.717) is 12.1 Å². The first-order valence-corrected chi connectivity index (χ1v) is 12.6. The van der Waals surface area contributed by atoms with Gasteiger partial charge in [0.05, 0.1) is 6.04 Å². The molecule has 1 aliphatic carbocycles. The van der Waals surface area contributed by atoms with Crippen LogP contribution in [-0.2, 0) is 25.4 Å². The van der Waals surface area contributed by atoms with Gasteiger partial charge in [-0.1, -0.05) is 25.7 Å². The van der Waals surface area contributed by atoms with Crippen molar-refractivity contribution in [2.45, 2.75) is 111 Å². The summed E-state index contributed by atoms with van der Waals surface area (Å²) in [6.07, 6.45) is 5.22. The van der Waals surface area contributed by atoms with Crippen LogP contribution < -0.4 is 5.32 Å². The fourth-order valence-corrected chi connectivity index (χ4v) is 4.22. The Morgan fingerprint density at radius 2 is 2.00 bits per heavy atom. The van der Waals surface area contributed by atoms with Crippen LogP contribution in [0.15, 0.2) is 12.3 Å². The van der Waals surface area contributed by atoms with Crippen molar-refractivity contribution in [3.63, 3.8) is 0 Å². The van der Waals surface area contributed by atoms with Crippen molar-refractivity contribution in [3.05, 3.63) is 29.1 Å². The normalized spacial score (nSPS) is 22.3. The zero-order chi connectivity index (χ0) is 26.0. The van der Waals surface area contributed by atoms with Crippen molar-refractivity contribution in [2.24, 2.45) is 11.8 Å². The van der Waals surface area contributed by atoms with Gasteiger partial charge in [0.2, 0.25) is 5.79 Å². The van der Waals surface area contributed by atoms with E-state index in [2.05, 4.69) is 22.1 Å². The number of amides is 1. The Labute approximate surface area is 209 Å². The second-order valence-electron chi connectivity index (χ2n) is 11.7. The molecule has 1 saturated heterocycles. The van der Waals surface area contributed by atoms with E-state index in [-0.39, 0.29) is 12.3 Å². The van der Waals surface area contributed by atoms with E-state index in [1.165, 1.54) is 12.8 Å². The molecule has 35 heavy (non-hydrogen) atoms. The van der Waals surface area contributed by atoms with Crippen molar-refractivity contribution in [1.82, 2.24) is 10.3 Å². The molecule has 0 bridgehead atoms. The minimum Gasteiger partial charge on any atom is -0.444 e. The van der Waals surface area contributed by atoms with Gasteiger partial charge in [0.25, 0.3) is 0 Å². The first-order chi connectivity index (χ1) is 16.2. The molecule has 3 rings (SSSR count). The Kier molecular flexibility index (Phi) is 7.86. The van der Waals surface area contributed by atoms with Crippen LogP contribution in [-0.4, -0.2) is 40.1 Å². The van der Waals surface area contributed by atoms with E-state index >= 15 is 0 Å². The first-order valence-electron chi connectivity index (χ1n) is 12.6. The second-order valence-corrected chi connectivity index (χ2v) is 11.7. The fourth-order valence-electron chi connectivity index (χ4n) is 4.22. The van der Waals surface area contributed by atoms with Crippen LogP contribution in [0.3, 0.4) is 0 Å². The number of alkyl carbamates (subject to hydrolysis) is 1. The molecule has 2 heterocycles. The van der Waals surface area contributed by atoms with Crippen LogP contribution in [0.5, 0.6) is 0 Å². The lowest BCUT2D eigenvalue weighted by atomic mass is 9.83. The smallest absolute Gasteiger partial charge is 0.407 e. The Morgan fingerprint density at radius 1 is 1.31 bits per heavy atom. The Morgan fingerprint density at radius 3 is 2.54 bits per heavy atom. The van der Waals surface area contributed by atoms with Gasteiger partial charge in [-0.2, -0.15) is 0 Å². The summed E-state index contributed by atoms with van der Waals surface area (Å²) in [4.78, 5) is 30.8. The number of hydrogen-bond acceptors (Lipinski definition) is 6. The molecular formula is C28H40N2O5. The lowest BCUT2D eigenvalue weighted by Gasteiger charge is -2.36. The highest BCUT2D eigenvalue weighted by atomic mass is 16.8. The van der Waals surface area contributed by atoms with Crippen molar-refractivity contribution < 1.29 is 23.8 Å². The lowest BCUT2D eigenvalue weighted by molar-refractivity contribution is -0.170. The van der Waals surface area contributed by atoms with Gasteiger partial charge in [-0.05, 0) is 70.4 Å². The molecule has 0 radical (unpaired) electrons. The molecule has 1 saturated carbocycles. The number of carbonyl (C=O) groups excluding carboxylic acids is 2. The van der Waals surface area contributed by atoms with Gasteiger partial charge in [0.1, 0.15) is 5.60 Å². The van der Waals surface area contributed by atoms with Crippen LogP contribution in [0.25, 0.3) is 0 Å². The maximum atomic E-state index is 13.4. The van der Waals surface area contributed by atoms with Crippen LogP contribution in [0.2, 0.25) is 0 Å². The van der Waals surface area contributed by atoms with Gasteiger partial charge < -0.3 is 19.5 Å². The molecule has 0 spiro atoms. The molecule has 1 amide bonds. The summed E-state index contributed by atoms with van der Waals surface area (Å²) < 4.78 is 17.4. The summed E-state index contributed by atoms with van der Waals surface area (Å²) in [7, 11) is 0. The van der Waals surface area contributed by atoms with E-state index in [0.717, 1.165) is 23.5 Å². The van der Waals surface area contributed by atoms with E-state index in [1.54, 1.807) is 40.8 Å². The number of cyclic esters (lactones) is 1. The summed E-state index contributed by atoms with van der Waals surface area (Å²) in [5.74, 6) is 5.79. The standard InChI is InChI=1S/C28H40N2O5/c1-18(2)14-23(30-25(32)34-26(4,5)6)28(24(31)33-27(7,8)35-28)16-22-15-21(19(3)17-29-22)11-9-10-20-12-13-20/h15,17-18,20,23H,10,12-14,16H2,1-8H3,(H,30,32)/t23-,28+/m0/s1. The number of esters is 1. The molecular weight excluding hydrogens is 444 g/mol. The summed E-state index contributed by atoms with van der Waals surface area (Å²) in [5.41, 5.74) is 0.387. The minimum absolute atomic E-state index is 0.139. The maximum Gasteiger partial charge on any atom is 0.407 e. The molecule has 1 N–H and O–H groups in total. The van der Waals surface area contributed by atoms with Crippen molar-refractivity contribution in [3.8, 4) is 11.8 Å². The molecule has 7 heteroatoms. The van der Waals surface area contributed by atoms with Gasteiger partial charge in [0, 0.05) is 44.1 Å². The number of nitrogens with one attached hydrogen (secondary N) is 1. The highest BCUT2D eigenvalue weighted by Gasteiger charge is 2.59. The maximum absolute atomic E-state index is 13.4. The minimum atomic E-state index is -1.45. The van der Waals surface area contributed by atoms with E-state index < -0.39 is 35.1 Å². The summed E-state index contributed by atoms with van der Waals surface area (Å²) in [6.45, 7) is 14.8. The summed E-state index contributed by atoms with van der Waals surface area (Å²) in [6, 6.07) is 1.23. The predicted octanol–water partition coefficient (Wildman–Crippen LogP) is 5.07. The van der Waals surface area contributed by atoms with Crippen LogP contribution in [0.1, 0.15) is 91.0 Å². The molecule has 2 aliphatic rings. The van der Waals surface area contributed by atoms with E-state index in [9.17, 15) is 9.59 Å². The zero-order valence-electron chi connectivity index (χ0n) is 22.4. The highest BCUT2D eigenvalue weighted by molar-refractivity contribution is 5.84. The molecule has 1 aromatic rings. The van der Waals surface area contributed by atoms with E-state index in [1.807, 2.05) is 26.8 Å². The summed E-state index contributed by atoms with van der Waals surface area (Å²) in [5, 5.41) is 2.91. The third-order valence-corrected chi connectivity index (χ3v) is 5.99. The topological polar surface area (TPSA) is 86.8 Å². The van der Waals surface area contributed by atoms with Gasteiger partial charge in [-0.25, -0.2) is 9.59 Å².